The molecule has 0 saturated heterocycles. The number of nitrogens with one attached hydrogen (secondary N) is 1. The van der Waals surface area contributed by atoms with Gasteiger partial charge in [-0.25, -0.2) is 5.90 Å². The van der Waals surface area contributed by atoms with Gasteiger partial charge in [0.05, 0.1) is 11.4 Å². The Balaban J connectivity index is 2.59. The number of nitrogens with zero attached hydrogens (tertiary/aromatic N) is 1. The van der Waals surface area contributed by atoms with E-state index in [-0.39, 0.29) is 0 Å². The van der Waals surface area contributed by atoms with Gasteiger partial charge in [0.15, 0.2) is 0 Å². The predicted octanol–water partition coefficient (Wildman–Crippen LogP) is 0.738. The minimum absolute atomic E-state index is 0.335. The first-order valence-electron chi connectivity index (χ1n) is 4.20. The van der Waals surface area contributed by atoms with Gasteiger partial charge in [0.2, 0.25) is 0 Å². The van der Waals surface area contributed by atoms with E-state index in [4.69, 9.17) is 16.0 Å². The average molecular weight is 195 g/mol. The van der Waals surface area contributed by atoms with Gasteiger partial charge in [-0.1, -0.05) is 0 Å². The van der Waals surface area contributed by atoms with E-state index in [9.17, 15) is 0 Å². The summed E-state index contributed by atoms with van der Waals surface area (Å²) in [5.74, 6) is 5.51. The highest BCUT2D eigenvalue weighted by atomic mass is 16.6. The molecule has 0 aliphatic heterocycles. The van der Waals surface area contributed by atoms with E-state index in [0.29, 0.717) is 30.4 Å². The molecule has 0 atom stereocenters. The first-order chi connectivity index (χ1) is 6.74. The maximum Gasteiger partial charge on any atom is 0.123 e. The fourth-order valence-corrected chi connectivity index (χ4v) is 0.914. The van der Waals surface area contributed by atoms with Crippen molar-refractivity contribution in [2.45, 2.75) is 6.92 Å². The number of nitrogens with two attached hydrogens (primary N) is 1. The maximum absolute atomic E-state index is 7.38. The molecular weight excluding hydrogens is 182 g/mol. The Morgan fingerprint density at radius 3 is 3.00 bits per heavy atom. The van der Waals surface area contributed by atoms with Crippen LogP contribution in [0.4, 0.5) is 0 Å². The number of hydrogen-bond donors (Lipinski definition) is 2. The zero-order chi connectivity index (χ0) is 10.4. The van der Waals surface area contributed by atoms with Crippen LogP contribution in [0.15, 0.2) is 18.3 Å². The quantitative estimate of drug-likeness (QED) is 0.412. The van der Waals surface area contributed by atoms with E-state index >= 15 is 0 Å². The van der Waals surface area contributed by atoms with Crippen molar-refractivity contribution in [3.63, 3.8) is 0 Å². The lowest BCUT2D eigenvalue weighted by Crippen LogP contribution is -2.10. The minimum Gasteiger partial charge on any atom is -0.491 e. The van der Waals surface area contributed by atoms with Crippen molar-refractivity contribution in [2.24, 2.45) is 5.90 Å². The van der Waals surface area contributed by atoms with E-state index in [1.165, 1.54) is 0 Å². The summed E-state index contributed by atoms with van der Waals surface area (Å²) in [5.41, 5.74) is 1.02. The monoisotopic (exact) mass is 195 g/mol. The lowest BCUT2D eigenvalue weighted by molar-refractivity contribution is 0.102. The first-order valence-corrected chi connectivity index (χ1v) is 4.20. The average Bonchev–Trinajstić information content (AvgIpc) is 2.19. The van der Waals surface area contributed by atoms with E-state index in [1.807, 2.05) is 0 Å². The molecule has 1 aromatic rings. The molecule has 5 heteroatoms. The number of hydrogen-bond acceptors (Lipinski definition) is 5. The zero-order valence-corrected chi connectivity index (χ0v) is 7.99. The van der Waals surface area contributed by atoms with E-state index in [2.05, 4.69) is 9.82 Å². The second-order valence-electron chi connectivity index (χ2n) is 2.72. The second kappa shape index (κ2) is 5.31. The van der Waals surface area contributed by atoms with Crippen LogP contribution in [0.1, 0.15) is 12.6 Å². The Morgan fingerprint density at radius 2 is 2.36 bits per heavy atom. The molecule has 1 aromatic heterocycles. The Bertz CT molecular complexity index is 315. The van der Waals surface area contributed by atoms with Gasteiger partial charge in [0.25, 0.3) is 0 Å². The van der Waals surface area contributed by atoms with E-state index < -0.39 is 0 Å². The van der Waals surface area contributed by atoms with E-state index in [0.717, 1.165) is 0 Å². The topological polar surface area (TPSA) is 81.2 Å². The van der Waals surface area contributed by atoms with Crippen molar-refractivity contribution in [1.29, 1.82) is 5.41 Å². The van der Waals surface area contributed by atoms with Gasteiger partial charge in [-0.15, -0.1) is 0 Å². The van der Waals surface area contributed by atoms with Gasteiger partial charge in [-0.3, -0.25) is 4.98 Å². The summed E-state index contributed by atoms with van der Waals surface area (Å²) in [7, 11) is 0. The Morgan fingerprint density at radius 1 is 1.57 bits per heavy atom. The molecule has 0 spiro atoms. The number of aromatic nitrogens is 1. The molecule has 0 unspecified atom stereocenters. The lowest BCUT2D eigenvalue weighted by Gasteiger charge is -2.05. The van der Waals surface area contributed by atoms with Crippen molar-refractivity contribution in [3.05, 3.63) is 24.0 Å². The van der Waals surface area contributed by atoms with Gasteiger partial charge in [0.1, 0.15) is 19.0 Å². The first kappa shape index (κ1) is 10.6. The van der Waals surface area contributed by atoms with Crippen LogP contribution < -0.4 is 10.6 Å². The van der Waals surface area contributed by atoms with Gasteiger partial charge < -0.3 is 15.0 Å². The van der Waals surface area contributed by atoms with Crippen LogP contribution in [-0.4, -0.2) is 23.9 Å². The molecule has 0 radical (unpaired) electrons. The van der Waals surface area contributed by atoms with Gasteiger partial charge >= 0.3 is 0 Å². The smallest absolute Gasteiger partial charge is 0.123 e. The molecule has 0 aliphatic carbocycles. The molecule has 0 amide bonds. The Labute approximate surface area is 82.3 Å². The fourth-order valence-electron chi connectivity index (χ4n) is 0.914. The SMILES string of the molecule is CC(=N)c1cc(OCCON)ccn1. The number of rotatable bonds is 5. The Kier molecular flexibility index (Phi) is 4.03. The standard InChI is InChI=1S/C9H13N3O2/c1-7(10)9-6-8(2-3-12-9)13-4-5-14-11/h2-3,6,10H,4-5,11H2,1H3. The molecule has 3 N–H and O–H groups in total. The van der Waals surface area contributed by atoms with Crippen LogP contribution in [-0.2, 0) is 4.84 Å². The van der Waals surface area contributed by atoms with Crippen LogP contribution in [0.25, 0.3) is 0 Å². The molecule has 14 heavy (non-hydrogen) atoms. The molecule has 0 bridgehead atoms. The van der Waals surface area contributed by atoms with Crippen molar-refractivity contribution in [2.75, 3.05) is 13.2 Å². The molecule has 5 nitrogen and oxygen atoms in total. The van der Waals surface area contributed by atoms with Crippen molar-refractivity contribution < 1.29 is 9.57 Å². The summed E-state index contributed by atoms with van der Waals surface area (Å²) >= 11 is 0. The normalized spacial score (nSPS) is 9.86. The summed E-state index contributed by atoms with van der Waals surface area (Å²) in [4.78, 5) is 8.37. The summed E-state index contributed by atoms with van der Waals surface area (Å²) in [6.07, 6.45) is 1.60. The molecule has 0 aromatic carbocycles. The van der Waals surface area contributed by atoms with Crippen molar-refractivity contribution in [1.82, 2.24) is 4.98 Å². The molecule has 0 aliphatic rings. The summed E-state index contributed by atoms with van der Waals surface area (Å²) in [6.45, 7) is 2.40. The third-order valence-corrected chi connectivity index (χ3v) is 1.59. The molecular formula is C9H13N3O2. The Hall–Kier alpha value is -1.46. The highest BCUT2D eigenvalue weighted by Crippen LogP contribution is 2.10. The van der Waals surface area contributed by atoms with Crippen LogP contribution in [0, 0.1) is 5.41 Å². The molecule has 0 fully saturated rings. The van der Waals surface area contributed by atoms with Gasteiger partial charge in [-0.05, 0) is 13.0 Å². The number of pyridine rings is 1. The highest BCUT2D eigenvalue weighted by Gasteiger charge is 1.99. The van der Waals surface area contributed by atoms with E-state index in [1.54, 1.807) is 25.3 Å². The summed E-state index contributed by atoms with van der Waals surface area (Å²) < 4.78 is 5.30. The molecule has 1 heterocycles. The fraction of sp³-hybridized carbons (Fsp3) is 0.333. The van der Waals surface area contributed by atoms with Crippen molar-refractivity contribution in [3.8, 4) is 5.75 Å². The predicted molar refractivity (Wildman–Crippen MR) is 52.4 cm³/mol. The zero-order valence-electron chi connectivity index (χ0n) is 7.99. The van der Waals surface area contributed by atoms with Gasteiger partial charge in [0, 0.05) is 12.3 Å². The largest absolute Gasteiger partial charge is 0.491 e. The summed E-state index contributed by atoms with van der Waals surface area (Å²) in [5, 5.41) is 7.38. The minimum atomic E-state index is 0.335. The maximum atomic E-state index is 7.38. The summed E-state index contributed by atoms with van der Waals surface area (Å²) in [6, 6.07) is 3.43. The van der Waals surface area contributed by atoms with Crippen LogP contribution in [0.2, 0.25) is 0 Å². The third kappa shape index (κ3) is 3.12. The third-order valence-electron chi connectivity index (χ3n) is 1.59. The highest BCUT2D eigenvalue weighted by molar-refractivity contribution is 5.94. The molecule has 1 rings (SSSR count). The van der Waals surface area contributed by atoms with Crippen LogP contribution in [0.5, 0.6) is 5.75 Å². The molecule has 76 valence electrons. The van der Waals surface area contributed by atoms with Crippen LogP contribution in [0.3, 0.4) is 0 Å². The van der Waals surface area contributed by atoms with Crippen molar-refractivity contribution >= 4 is 5.71 Å². The second-order valence-corrected chi connectivity index (χ2v) is 2.72. The van der Waals surface area contributed by atoms with Crippen LogP contribution >= 0.6 is 0 Å². The van der Waals surface area contributed by atoms with Gasteiger partial charge in [-0.2, -0.15) is 0 Å². The number of ether oxygens (including phenoxy) is 1. The molecule has 0 saturated carbocycles. The lowest BCUT2D eigenvalue weighted by atomic mass is 10.2.